The average molecular weight is 252 g/mol. The van der Waals surface area contributed by atoms with Crippen molar-refractivity contribution in [2.75, 3.05) is 6.54 Å². The van der Waals surface area contributed by atoms with Gasteiger partial charge in [0, 0.05) is 12.6 Å². The van der Waals surface area contributed by atoms with Crippen LogP contribution >= 0.6 is 0 Å². The van der Waals surface area contributed by atoms with Crippen molar-refractivity contribution >= 4 is 5.91 Å². The van der Waals surface area contributed by atoms with Gasteiger partial charge in [-0.25, -0.2) is 4.39 Å². The lowest BCUT2D eigenvalue weighted by molar-refractivity contribution is 0.0931. The standard InChI is InChI=1S/C14H21FN2O/c1-3-4-7-11(9-16)17-14(18)12-8-5-6-10(2)13(12)15/h5-6,8,11H,3-4,7,9,16H2,1-2H3,(H,17,18). The molecular weight excluding hydrogens is 231 g/mol. The van der Waals surface area contributed by atoms with E-state index in [0.29, 0.717) is 12.1 Å². The normalized spacial score (nSPS) is 12.2. The van der Waals surface area contributed by atoms with E-state index in [9.17, 15) is 9.18 Å². The molecule has 1 rings (SSSR count). The van der Waals surface area contributed by atoms with Crippen molar-refractivity contribution in [1.82, 2.24) is 5.32 Å². The van der Waals surface area contributed by atoms with Crippen molar-refractivity contribution in [3.05, 3.63) is 35.1 Å². The van der Waals surface area contributed by atoms with Gasteiger partial charge in [-0.15, -0.1) is 0 Å². The molecule has 0 saturated carbocycles. The van der Waals surface area contributed by atoms with Crippen LogP contribution in [0.2, 0.25) is 0 Å². The molecule has 1 amide bonds. The van der Waals surface area contributed by atoms with E-state index in [1.54, 1.807) is 19.1 Å². The Morgan fingerprint density at radius 1 is 1.50 bits per heavy atom. The van der Waals surface area contributed by atoms with Gasteiger partial charge in [-0.1, -0.05) is 31.9 Å². The van der Waals surface area contributed by atoms with Gasteiger partial charge >= 0.3 is 0 Å². The Morgan fingerprint density at radius 2 is 2.22 bits per heavy atom. The van der Waals surface area contributed by atoms with E-state index in [1.807, 2.05) is 0 Å². The largest absolute Gasteiger partial charge is 0.348 e. The number of rotatable bonds is 6. The Morgan fingerprint density at radius 3 is 2.83 bits per heavy atom. The lowest BCUT2D eigenvalue weighted by Crippen LogP contribution is -2.40. The minimum Gasteiger partial charge on any atom is -0.348 e. The molecule has 1 atom stereocenters. The van der Waals surface area contributed by atoms with Crippen LogP contribution < -0.4 is 11.1 Å². The molecular formula is C14H21FN2O. The first-order valence-corrected chi connectivity index (χ1v) is 6.36. The molecule has 1 aromatic rings. The third-order valence-corrected chi connectivity index (χ3v) is 2.96. The van der Waals surface area contributed by atoms with Gasteiger partial charge in [0.2, 0.25) is 0 Å². The quantitative estimate of drug-likeness (QED) is 0.816. The van der Waals surface area contributed by atoms with Gasteiger partial charge in [0.1, 0.15) is 5.82 Å². The van der Waals surface area contributed by atoms with Gasteiger partial charge in [-0.2, -0.15) is 0 Å². The predicted octanol–water partition coefficient (Wildman–Crippen LogP) is 2.38. The first-order valence-electron chi connectivity index (χ1n) is 6.36. The Kier molecular flexibility index (Phi) is 5.78. The van der Waals surface area contributed by atoms with E-state index < -0.39 is 5.82 Å². The zero-order chi connectivity index (χ0) is 13.5. The molecule has 0 aliphatic carbocycles. The highest BCUT2D eigenvalue weighted by molar-refractivity contribution is 5.94. The van der Waals surface area contributed by atoms with Crippen molar-refractivity contribution in [2.24, 2.45) is 5.73 Å². The molecule has 3 N–H and O–H groups in total. The number of hydrogen-bond acceptors (Lipinski definition) is 2. The smallest absolute Gasteiger partial charge is 0.254 e. The molecule has 100 valence electrons. The average Bonchev–Trinajstić information content (AvgIpc) is 2.37. The van der Waals surface area contributed by atoms with Gasteiger partial charge in [-0.05, 0) is 25.0 Å². The molecule has 18 heavy (non-hydrogen) atoms. The summed E-state index contributed by atoms with van der Waals surface area (Å²) >= 11 is 0. The second-order valence-corrected chi connectivity index (χ2v) is 4.48. The molecule has 4 heteroatoms. The summed E-state index contributed by atoms with van der Waals surface area (Å²) in [6.07, 6.45) is 2.87. The van der Waals surface area contributed by atoms with E-state index in [4.69, 9.17) is 5.73 Å². The topological polar surface area (TPSA) is 55.1 Å². The predicted molar refractivity (Wildman–Crippen MR) is 71.0 cm³/mol. The van der Waals surface area contributed by atoms with Crippen molar-refractivity contribution < 1.29 is 9.18 Å². The second-order valence-electron chi connectivity index (χ2n) is 4.48. The van der Waals surface area contributed by atoms with E-state index in [-0.39, 0.29) is 17.5 Å². The molecule has 0 fully saturated rings. The number of unbranched alkanes of at least 4 members (excludes halogenated alkanes) is 1. The molecule has 0 heterocycles. The van der Waals surface area contributed by atoms with Crippen molar-refractivity contribution in [2.45, 2.75) is 39.2 Å². The van der Waals surface area contributed by atoms with Crippen molar-refractivity contribution in [3.63, 3.8) is 0 Å². The third kappa shape index (κ3) is 3.81. The summed E-state index contributed by atoms with van der Waals surface area (Å²) in [5, 5.41) is 2.78. The summed E-state index contributed by atoms with van der Waals surface area (Å²) in [7, 11) is 0. The van der Waals surface area contributed by atoms with Gasteiger partial charge in [0.25, 0.3) is 5.91 Å². The van der Waals surface area contributed by atoms with E-state index >= 15 is 0 Å². The zero-order valence-corrected chi connectivity index (χ0v) is 11.0. The molecule has 0 aliphatic rings. The number of halogens is 1. The third-order valence-electron chi connectivity index (χ3n) is 2.96. The highest BCUT2D eigenvalue weighted by Gasteiger charge is 2.16. The maximum atomic E-state index is 13.8. The summed E-state index contributed by atoms with van der Waals surface area (Å²) in [5.41, 5.74) is 6.16. The van der Waals surface area contributed by atoms with Crippen molar-refractivity contribution in [3.8, 4) is 0 Å². The lowest BCUT2D eigenvalue weighted by Gasteiger charge is -2.17. The van der Waals surface area contributed by atoms with Gasteiger partial charge in [0.15, 0.2) is 0 Å². The minimum absolute atomic E-state index is 0.0858. The van der Waals surface area contributed by atoms with Crippen LogP contribution in [0.4, 0.5) is 4.39 Å². The minimum atomic E-state index is -0.457. The number of benzene rings is 1. The number of carbonyl (C=O) groups is 1. The summed E-state index contributed by atoms with van der Waals surface area (Å²) in [6, 6.07) is 4.73. The first kappa shape index (κ1) is 14.6. The monoisotopic (exact) mass is 252 g/mol. The van der Waals surface area contributed by atoms with Crippen LogP contribution in [0.3, 0.4) is 0 Å². The Bertz CT molecular complexity index is 407. The molecule has 0 radical (unpaired) electrons. The Balaban J connectivity index is 2.72. The number of nitrogens with one attached hydrogen (secondary N) is 1. The fraction of sp³-hybridized carbons (Fsp3) is 0.500. The zero-order valence-electron chi connectivity index (χ0n) is 11.0. The van der Waals surface area contributed by atoms with E-state index in [0.717, 1.165) is 19.3 Å². The second kappa shape index (κ2) is 7.11. The van der Waals surface area contributed by atoms with Crippen LogP contribution in [-0.4, -0.2) is 18.5 Å². The molecule has 0 spiro atoms. The van der Waals surface area contributed by atoms with Gasteiger partial charge in [-0.3, -0.25) is 4.79 Å². The maximum Gasteiger partial charge on any atom is 0.254 e. The molecule has 0 aromatic heterocycles. The van der Waals surface area contributed by atoms with E-state index in [2.05, 4.69) is 12.2 Å². The lowest BCUT2D eigenvalue weighted by atomic mass is 10.1. The van der Waals surface area contributed by atoms with Crippen LogP contribution in [0.15, 0.2) is 18.2 Å². The fourth-order valence-electron chi connectivity index (χ4n) is 1.79. The number of hydrogen-bond donors (Lipinski definition) is 2. The van der Waals surface area contributed by atoms with Crippen LogP contribution in [0, 0.1) is 12.7 Å². The highest BCUT2D eigenvalue weighted by Crippen LogP contribution is 2.12. The number of aryl methyl sites for hydroxylation is 1. The fourth-order valence-corrected chi connectivity index (χ4v) is 1.79. The number of amides is 1. The number of nitrogens with two attached hydrogens (primary N) is 1. The molecule has 0 saturated heterocycles. The Hall–Kier alpha value is -1.42. The van der Waals surface area contributed by atoms with Crippen molar-refractivity contribution in [1.29, 1.82) is 0 Å². The number of carbonyl (C=O) groups excluding carboxylic acids is 1. The van der Waals surface area contributed by atoms with E-state index in [1.165, 1.54) is 6.07 Å². The highest BCUT2D eigenvalue weighted by atomic mass is 19.1. The summed E-state index contributed by atoms with van der Waals surface area (Å²) in [6.45, 7) is 4.10. The van der Waals surface area contributed by atoms with Crippen LogP contribution in [0.1, 0.15) is 42.1 Å². The molecule has 3 nitrogen and oxygen atoms in total. The molecule has 0 aliphatic heterocycles. The maximum absolute atomic E-state index is 13.8. The first-order chi connectivity index (χ1) is 8.60. The molecule has 1 aromatic carbocycles. The van der Waals surface area contributed by atoms with Crippen LogP contribution in [0.5, 0.6) is 0 Å². The van der Waals surface area contributed by atoms with Crippen LogP contribution in [-0.2, 0) is 0 Å². The molecule has 1 unspecified atom stereocenters. The summed E-state index contributed by atoms with van der Waals surface area (Å²) < 4.78 is 13.8. The summed E-state index contributed by atoms with van der Waals surface area (Å²) in [4.78, 5) is 11.9. The van der Waals surface area contributed by atoms with Crippen LogP contribution in [0.25, 0.3) is 0 Å². The van der Waals surface area contributed by atoms with Gasteiger partial charge < -0.3 is 11.1 Å². The SMILES string of the molecule is CCCCC(CN)NC(=O)c1cccc(C)c1F. The summed E-state index contributed by atoms with van der Waals surface area (Å²) in [5.74, 6) is -0.844. The molecule has 0 bridgehead atoms. The van der Waals surface area contributed by atoms with Gasteiger partial charge in [0.05, 0.1) is 5.56 Å². The Labute approximate surface area is 108 Å².